The molecule has 5 nitrogen and oxygen atoms in total. The first-order chi connectivity index (χ1) is 14.8. The fourth-order valence-corrected chi connectivity index (χ4v) is 4.37. The van der Waals surface area contributed by atoms with Crippen LogP contribution in [0.3, 0.4) is 0 Å². The van der Waals surface area contributed by atoms with Gasteiger partial charge in [-0.1, -0.05) is 25.1 Å². The molecule has 4 aromatic rings. The van der Waals surface area contributed by atoms with Gasteiger partial charge in [-0.15, -0.1) is 0 Å². The molecule has 4 rings (SSSR count). The summed E-state index contributed by atoms with van der Waals surface area (Å²) in [6, 6.07) is 13.8. The van der Waals surface area contributed by atoms with E-state index in [2.05, 4.69) is 4.98 Å². The third-order valence-electron chi connectivity index (χ3n) is 5.07. The van der Waals surface area contributed by atoms with Crippen molar-refractivity contribution in [1.82, 2.24) is 9.38 Å². The molecule has 0 atom stereocenters. The molecule has 8 heteroatoms. The average Bonchev–Trinajstić information content (AvgIpc) is 3.10. The van der Waals surface area contributed by atoms with Gasteiger partial charge in [0.1, 0.15) is 18.2 Å². The minimum atomic E-state index is -3.36. The van der Waals surface area contributed by atoms with Crippen LogP contribution in [0.15, 0.2) is 65.7 Å². The Hall–Kier alpha value is -3.26. The number of fused-ring (bicyclic) bond motifs is 1. The smallest absolute Gasteiger partial charge is 0.180 e. The third-order valence-corrected chi connectivity index (χ3v) is 6.80. The lowest BCUT2D eigenvalue weighted by molar-refractivity contribution is 0.294. The molecule has 0 spiro atoms. The Morgan fingerprint density at radius 1 is 1.03 bits per heavy atom. The maximum absolute atomic E-state index is 13.9. The highest BCUT2D eigenvalue weighted by molar-refractivity contribution is 7.91. The van der Waals surface area contributed by atoms with Crippen LogP contribution in [0, 0.1) is 18.6 Å². The summed E-state index contributed by atoms with van der Waals surface area (Å²) in [5.74, 6) is -0.994. The number of hydrogen-bond acceptors (Lipinski definition) is 4. The highest BCUT2D eigenvalue weighted by atomic mass is 32.2. The maximum Gasteiger partial charge on any atom is 0.180 e. The number of aromatic nitrogens is 2. The lowest BCUT2D eigenvalue weighted by Gasteiger charge is -2.10. The van der Waals surface area contributed by atoms with E-state index in [1.54, 1.807) is 47.9 Å². The summed E-state index contributed by atoms with van der Waals surface area (Å²) >= 11 is 0. The lowest BCUT2D eigenvalue weighted by Crippen LogP contribution is -2.04. The summed E-state index contributed by atoms with van der Waals surface area (Å²) in [5.41, 5.74) is 2.38. The van der Waals surface area contributed by atoms with Gasteiger partial charge in [-0.25, -0.2) is 22.2 Å². The first-order valence-corrected chi connectivity index (χ1v) is 11.3. The molecule has 0 bridgehead atoms. The first kappa shape index (κ1) is 21.0. The van der Waals surface area contributed by atoms with E-state index < -0.39 is 21.5 Å². The van der Waals surface area contributed by atoms with Crippen LogP contribution in [0.2, 0.25) is 0 Å². The van der Waals surface area contributed by atoms with Crippen molar-refractivity contribution >= 4 is 15.5 Å². The summed E-state index contributed by atoms with van der Waals surface area (Å²) in [6.45, 7) is 3.12. The van der Waals surface area contributed by atoms with Crippen LogP contribution in [0.5, 0.6) is 5.75 Å². The number of halogens is 2. The van der Waals surface area contributed by atoms with Crippen LogP contribution in [0.1, 0.15) is 18.2 Å². The van der Waals surface area contributed by atoms with Gasteiger partial charge in [-0.2, -0.15) is 0 Å². The van der Waals surface area contributed by atoms with Crippen LogP contribution in [0.25, 0.3) is 16.9 Å². The van der Waals surface area contributed by atoms with E-state index in [0.29, 0.717) is 28.3 Å². The summed E-state index contributed by atoms with van der Waals surface area (Å²) in [7, 11) is -3.36. The average molecular weight is 442 g/mol. The Balaban J connectivity index is 1.76. The zero-order valence-corrected chi connectivity index (χ0v) is 17.8. The number of aryl methyl sites for hydroxylation is 1. The van der Waals surface area contributed by atoms with Gasteiger partial charge in [0.2, 0.25) is 0 Å². The Morgan fingerprint density at radius 3 is 2.45 bits per heavy atom. The molecular weight excluding hydrogens is 422 g/mol. The van der Waals surface area contributed by atoms with Crippen molar-refractivity contribution in [2.75, 3.05) is 5.75 Å². The SMILES string of the molecule is CCS(=O)(=O)c1cccc(-c2c(C)nc3c(OCc4c(F)cccc4F)cccn23)c1. The van der Waals surface area contributed by atoms with Gasteiger partial charge in [0.05, 0.1) is 27.6 Å². The molecule has 31 heavy (non-hydrogen) atoms. The van der Waals surface area contributed by atoms with Crippen LogP contribution in [-0.4, -0.2) is 23.6 Å². The van der Waals surface area contributed by atoms with E-state index in [0.717, 1.165) is 0 Å². The van der Waals surface area contributed by atoms with Gasteiger partial charge in [-0.3, -0.25) is 4.40 Å². The Morgan fingerprint density at radius 2 is 1.74 bits per heavy atom. The summed E-state index contributed by atoms with van der Waals surface area (Å²) < 4.78 is 59.9. The van der Waals surface area contributed by atoms with Gasteiger partial charge in [-0.05, 0) is 43.3 Å². The molecule has 0 unspecified atom stereocenters. The molecule has 0 aliphatic heterocycles. The highest BCUT2D eigenvalue weighted by Crippen LogP contribution is 2.31. The zero-order chi connectivity index (χ0) is 22.2. The number of hydrogen-bond donors (Lipinski definition) is 0. The van der Waals surface area contributed by atoms with Crippen LogP contribution < -0.4 is 4.74 Å². The predicted molar refractivity (Wildman–Crippen MR) is 114 cm³/mol. The van der Waals surface area contributed by atoms with Crippen molar-refractivity contribution in [3.8, 4) is 17.0 Å². The molecule has 0 amide bonds. The largest absolute Gasteiger partial charge is 0.485 e. The number of sulfone groups is 1. The van der Waals surface area contributed by atoms with Gasteiger partial charge in [0.25, 0.3) is 0 Å². The second-order valence-electron chi connectivity index (χ2n) is 7.03. The lowest BCUT2D eigenvalue weighted by atomic mass is 10.1. The third kappa shape index (κ3) is 3.90. The normalized spacial score (nSPS) is 11.7. The summed E-state index contributed by atoms with van der Waals surface area (Å²) in [5, 5.41) is 0. The molecule has 0 N–H and O–H groups in total. The van der Waals surface area contributed by atoms with E-state index >= 15 is 0 Å². The van der Waals surface area contributed by atoms with E-state index in [9.17, 15) is 17.2 Å². The Bertz CT molecular complexity index is 1360. The van der Waals surface area contributed by atoms with Crippen molar-refractivity contribution in [2.24, 2.45) is 0 Å². The minimum absolute atomic E-state index is 0.00712. The van der Waals surface area contributed by atoms with Crippen molar-refractivity contribution in [3.05, 3.63) is 83.7 Å². The molecule has 0 saturated carbocycles. The zero-order valence-electron chi connectivity index (χ0n) is 17.0. The fourth-order valence-electron chi connectivity index (χ4n) is 3.44. The summed E-state index contributed by atoms with van der Waals surface area (Å²) in [4.78, 5) is 4.80. The van der Waals surface area contributed by atoms with Gasteiger partial charge in [0, 0.05) is 11.8 Å². The van der Waals surface area contributed by atoms with E-state index in [1.165, 1.54) is 18.2 Å². The summed E-state index contributed by atoms with van der Waals surface area (Å²) in [6.07, 6.45) is 1.78. The first-order valence-electron chi connectivity index (χ1n) is 9.68. The quantitative estimate of drug-likeness (QED) is 0.423. The van der Waals surface area contributed by atoms with E-state index in [-0.39, 0.29) is 22.8 Å². The molecule has 2 heterocycles. The molecule has 0 aliphatic rings. The van der Waals surface area contributed by atoms with Gasteiger partial charge < -0.3 is 4.74 Å². The van der Waals surface area contributed by atoms with Crippen molar-refractivity contribution in [1.29, 1.82) is 0 Å². The van der Waals surface area contributed by atoms with E-state index in [4.69, 9.17) is 4.74 Å². The molecule has 2 aromatic carbocycles. The number of rotatable bonds is 6. The standard InChI is InChI=1S/C23H20F2N2O3S/c1-3-31(28,29)17-8-4-7-16(13-17)22-15(2)26-23-21(11-6-12-27(22)23)30-14-18-19(24)9-5-10-20(18)25/h4-13H,3,14H2,1-2H3. The molecule has 0 aliphatic carbocycles. The molecule has 160 valence electrons. The Kier molecular flexibility index (Phi) is 5.49. The highest BCUT2D eigenvalue weighted by Gasteiger charge is 2.18. The number of imidazole rings is 1. The van der Waals surface area contributed by atoms with Crippen molar-refractivity contribution in [2.45, 2.75) is 25.3 Å². The van der Waals surface area contributed by atoms with Crippen LogP contribution in [-0.2, 0) is 16.4 Å². The predicted octanol–water partition coefficient (Wildman–Crippen LogP) is 4.96. The van der Waals surface area contributed by atoms with Crippen LogP contribution in [0.4, 0.5) is 8.78 Å². The fraction of sp³-hybridized carbons (Fsp3) is 0.174. The molecule has 0 radical (unpaired) electrons. The number of nitrogens with zero attached hydrogens (tertiary/aromatic N) is 2. The van der Waals surface area contributed by atoms with Crippen molar-refractivity contribution < 1.29 is 21.9 Å². The Labute approximate surface area is 178 Å². The van der Waals surface area contributed by atoms with Crippen molar-refractivity contribution in [3.63, 3.8) is 0 Å². The molecule has 0 fully saturated rings. The van der Waals surface area contributed by atoms with E-state index in [1.807, 2.05) is 13.0 Å². The monoisotopic (exact) mass is 442 g/mol. The second-order valence-corrected chi connectivity index (χ2v) is 9.31. The second kappa shape index (κ2) is 8.11. The topological polar surface area (TPSA) is 60.7 Å². The maximum atomic E-state index is 13.9. The molecule has 2 aromatic heterocycles. The number of benzene rings is 2. The minimum Gasteiger partial charge on any atom is -0.485 e. The van der Waals surface area contributed by atoms with Gasteiger partial charge in [0.15, 0.2) is 21.2 Å². The number of pyridine rings is 1. The molecular formula is C23H20F2N2O3S. The number of ether oxygens (including phenoxy) is 1. The molecule has 0 saturated heterocycles. The van der Waals surface area contributed by atoms with Crippen LogP contribution >= 0.6 is 0 Å². The van der Waals surface area contributed by atoms with Gasteiger partial charge >= 0.3 is 0 Å².